The Morgan fingerprint density at radius 2 is 1.96 bits per heavy atom. The number of aryl methyl sites for hydroxylation is 1. The molecule has 0 radical (unpaired) electrons. The second-order valence-corrected chi connectivity index (χ2v) is 7.26. The molecule has 1 aliphatic rings. The molecular formula is C19H20Cl2N2O2. The highest BCUT2D eigenvalue weighted by atomic mass is 35.5. The molecule has 1 unspecified atom stereocenters. The smallest absolute Gasteiger partial charge is 0.306 e. The summed E-state index contributed by atoms with van der Waals surface area (Å²) in [6.07, 6.45) is 1.26. The summed E-state index contributed by atoms with van der Waals surface area (Å²) in [5.74, 6) is -0.988. The van der Waals surface area contributed by atoms with E-state index in [-0.39, 0.29) is 12.0 Å². The first-order chi connectivity index (χ1) is 12.0. The highest BCUT2D eigenvalue weighted by Crippen LogP contribution is 2.36. The van der Waals surface area contributed by atoms with Gasteiger partial charge in [0, 0.05) is 15.7 Å². The number of piperidine rings is 1. The topological polar surface area (TPSA) is 53.4 Å². The predicted octanol–water partition coefficient (Wildman–Crippen LogP) is 4.58. The molecule has 132 valence electrons. The van der Waals surface area contributed by atoms with E-state index in [1.54, 1.807) is 6.07 Å². The average Bonchev–Trinajstić information content (AvgIpc) is 2.58. The summed E-state index contributed by atoms with van der Waals surface area (Å²) in [6.45, 7) is 3.34. The van der Waals surface area contributed by atoms with Crippen LogP contribution < -0.4 is 0 Å². The number of rotatable bonds is 4. The van der Waals surface area contributed by atoms with Crippen molar-refractivity contribution in [2.45, 2.75) is 25.8 Å². The van der Waals surface area contributed by atoms with Gasteiger partial charge in [-0.3, -0.25) is 14.7 Å². The number of halogens is 2. The van der Waals surface area contributed by atoms with Crippen molar-refractivity contribution >= 4 is 29.2 Å². The Morgan fingerprint density at radius 3 is 2.56 bits per heavy atom. The van der Waals surface area contributed by atoms with Crippen LogP contribution >= 0.6 is 23.2 Å². The lowest BCUT2D eigenvalue weighted by Crippen LogP contribution is -2.39. The molecule has 0 spiro atoms. The molecule has 0 amide bonds. The molecule has 0 bridgehead atoms. The highest BCUT2D eigenvalue weighted by molar-refractivity contribution is 6.35. The number of hydrogen-bond donors (Lipinski definition) is 1. The lowest BCUT2D eigenvalue weighted by Gasteiger charge is -2.37. The fourth-order valence-corrected chi connectivity index (χ4v) is 3.90. The van der Waals surface area contributed by atoms with Crippen molar-refractivity contribution in [1.29, 1.82) is 0 Å². The second kappa shape index (κ2) is 7.73. The zero-order valence-electron chi connectivity index (χ0n) is 14.0. The fraction of sp³-hybridized carbons (Fsp3) is 0.368. The molecule has 6 heteroatoms. The van der Waals surface area contributed by atoms with E-state index in [0.717, 1.165) is 17.0 Å². The van der Waals surface area contributed by atoms with Gasteiger partial charge in [0.05, 0.1) is 17.7 Å². The van der Waals surface area contributed by atoms with Crippen LogP contribution in [0.15, 0.2) is 36.4 Å². The van der Waals surface area contributed by atoms with Crippen LogP contribution in [0.1, 0.15) is 35.8 Å². The second-order valence-electron chi connectivity index (χ2n) is 6.42. The lowest BCUT2D eigenvalue weighted by atomic mass is 9.93. The lowest BCUT2D eigenvalue weighted by molar-refractivity contribution is -0.143. The quantitative estimate of drug-likeness (QED) is 0.845. The third kappa shape index (κ3) is 4.14. The van der Waals surface area contributed by atoms with Crippen molar-refractivity contribution in [1.82, 2.24) is 9.88 Å². The van der Waals surface area contributed by atoms with Gasteiger partial charge in [-0.1, -0.05) is 35.3 Å². The molecule has 1 N–H and O–H groups in total. The van der Waals surface area contributed by atoms with Crippen molar-refractivity contribution in [3.63, 3.8) is 0 Å². The van der Waals surface area contributed by atoms with Gasteiger partial charge in [0.2, 0.25) is 0 Å². The molecule has 25 heavy (non-hydrogen) atoms. The molecular weight excluding hydrogens is 359 g/mol. The number of nitrogens with zero attached hydrogens (tertiary/aromatic N) is 2. The number of likely N-dealkylation sites (tertiary alicyclic amines) is 1. The first-order valence-electron chi connectivity index (χ1n) is 8.31. The van der Waals surface area contributed by atoms with Gasteiger partial charge in [-0.05, 0) is 62.7 Å². The summed E-state index contributed by atoms with van der Waals surface area (Å²) in [7, 11) is 0. The van der Waals surface area contributed by atoms with E-state index >= 15 is 0 Å². The van der Waals surface area contributed by atoms with Gasteiger partial charge in [-0.25, -0.2) is 0 Å². The van der Waals surface area contributed by atoms with E-state index in [4.69, 9.17) is 28.2 Å². The molecule has 1 fully saturated rings. The highest BCUT2D eigenvalue weighted by Gasteiger charge is 2.31. The van der Waals surface area contributed by atoms with Crippen LogP contribution in [0.3, 0.4) is 0 Å². The minimum absolute atomic E-state index is 0.112. The molecule has 1 aromatic heterocycles. The molecule has 1 aromatic carbocycles. The Morgan fingerprint density at radius 1 is 1.24 bits per heavy atom. The van der Waals surface area contributed by atoms with Crippen molar-refractivity contribution in [2.24, 2.45) is 5.92 Å². The normalized spacial score (nSPS) is 17.4. The first kappa shape index (κ1) is 18.2. The van der Waals surface area contributed by atoms with Crippen molar-refractivity contribution in [3.05, 3.63) is 63.4 Å². The fourth-order valence-electron chi connectivity index (χ4n) is 3.39. The molecule has 1 aliphatic heterocycles. The number of aromatic nitrogens is 1. The van der Waals surface area contributed by atoms with Gasteiger partial charge in [0.1, 0.15) is 0 Å². The van der Waals surface area contributed by atoms with Crippen molar-refractivity contribution < 1.29 is 9.90 Å². The van der Waals surface area contributed by atoms with Crippen LogP contribution in [0.2, 0.25) is 10.0 Å². The van der Waals surface area contributed by atoms with E-state index in [1.165, 1.54) is 0 Å². The molecule has 4 nitrogen and oxygen atoms in total. The maximum atomic E-state index is 11.2. The van der Waals surface area contributed by atoms with Crippen LogP contribution in [-0.2, 0) is 4.79 Å². The first-order valence-corrected chi connectivity index (χ1v) is 9.06. The summed E-state index contributed by atoms with van der Waals surface area (Å²) in [5.41, 5.74) is 2.80. The number of carbonyl (C=O) groups is 1. The van der Waals surface area contributed by atoms with Crippen LogP contribution in [0.4, 0.5) is 0 Å². The number of benzene rings is 1. The monoisotopic (exact) mass is 378 g/mol. The molecule has 0 aliphatic carbocycles. The molecule has 1 atom stereocenters. The maximum Gasteiger partial charge on any atom is 0.306 e. The summed E-state index contributed by atoms with van der Waals surface area (Å²) in [6, 6.07) is 11.3. The molecule has 0 saturated carbocycles. The van der Waals surface area contributed by atoms with Gasteiger partial charge >= 0.3 is 5.97 Å². The standard InChI is InChI=1S/C19H20Cl2N2O2/c1-12-3-2-4-17(22-12)18(15-6-5-14(20)11-16(15)21)23-9-7-13(8-10-23)19(24)25/h2-6,11,13,18H,7-10H2,1H3,(H,24,25). The summed E-state index contributed by atoms with van der Waals surface area (Å²) < 4.78 is 0. The molecule has 2 heterocycles. The Balaban J connectivity index is 1.97. The number of carboxylic acids is 1. The summed E-state index contributed by atoms with van der Waals surface area (Å²) >= 11 is 12.5. The summed E-state index contributed by atoms with van der Waals surface area (Å²) in [5, 5.41) is 10.4. The third-order valence-electron chi connectivity index (χ3n) is 4.69. The van der Waals surface area contributed by atoms with Gasteiger partial charge in [-0.15, -0.1) is 0 Å². The van der Waals surface area contributed by atoms with E-state index in [0.29, 0.717) is 36.0 Å². The van der Waals surface area contributed by atoms with Gasteiger partial charge in [0.25, 0.3) is 0 Å². The Labute approximate surface area is 157 Å². The van der Waals surface area contributed by atoms with Crippen molar-refractivity contribution in [2.75, 3.05) is 13.1 Å². The molecule has 1 saturated heterocycles. The number of pyridine rings is 1. The average molecular weight is 379 g/mol. The Bertz CT molecular complexity index is 774. The van der Waals surface area contributed by atoms with E-state index in [1.807, 2.05) is 37.3 Å². The third-order valence-corrected chi connectivity index (χ3v) is 5.25. The van der Waals surface area contributed by atoms with Crippen LogP contribution in [0.5, 0.6) is 0 Å². The zero-order valence-corrected chi connectivity index (χ0v) is 15.5. The number of carboxylic acid groups (broad SMARTS) is 1. The number of aliphatic carboxylic acids is 1. The summed E-state index contributed by atoms with van der Waals surface area (Å²) in [4.78, 5) is 18.2. The molecule has 2 aromatic rings. The SMILES string of the molecule is Cc1cccc(C(c2ccc(Cl)cc2Cl)N2CCC(C(=O)O)CC2)n1. The van der Waals surface area contributed by atoms with Gasteiger partial charge in [0.15, 0.2) is 0 Å². The van der Waals surface area contributed by atoms with Gasteiger partial charge in [-0.2, -0.15) is 0 Å². The predicted molar refractivity (Wildman–Crippen MR) is 99.2 cm³/mol. The van der Waals surface area contributed by atoms with Crippen molar-refractivity contribution in [3.8, 4) is 0 Å². The van der Waals surface area contributed by atoms with Crippen LogP contribution in [0.25, 0.3) is 0 Å². The molecule has 3 rings (SSSR count). The van der Waals surface area contributed by atoms with E-state index in [9.17, 15) is 9.90 Å². The number of hydrogen-bond acceptors (Lipinski definition) is 3. The zero-order chi connectivity index (χ0) is 18.0. The Kier molecular flexibility index (Phi) is 5.62. The van der Waals surface area contributed by atoms with E-state index < -0.39 is 5.97 Å². The van der Waals surface area contributed by atoms with E-state index in [2.05, 4.69) is 4.90 Å². The maximum absolute atomic E-state index is 11.2. The van der Waals surface area contributed by atoms with Crippen LogP contribution in [0, 0.1) is 12.8 Å². The minimum Gasteiger partial charge on any atom is -0.481 e. The largest absolute Gasteiger partial charge is 0.481 e. The Hall–Kier alpha value is -1.62. The van der Waals surface area contributed by atoms with Crippen LogP contribution in [-0.4, -0.2) is 34.0 Å². The minimum atomic E-state index is -0.714. The van der Waals surface area contributed by atoms with Gasteiger partial charge < -0.3 is 5.11 Å².